The molecule has 404 valence electrons. The fraction of sp³-hybridized carbons (Fsp3) is 0.792. The summed E-state index contributed by atoms with van der Waals surface area (Å²) in [6, 6.07) is 0. The third-order valence-electron chi connectivity index (χ3n) is 16.0. The van der Waals surface area contributed by atoms with Gasteiger partial charge in [-0.25, -0.2) is 0 Å². The summed E-state index contributed by atoms with van der Waals surface area (Å²) in [5.74, 6) is -3.29. The van der Waals surface area contributed by atoms with E-state index in [9.17, 15) is 38.7 Å². The summed E-state index contributed by atoms with van der Waals surface area (Å²) in [5.41, 5.74) is 2.05. The lowest BCUT2D eigenvalue weighted by Crippen LogP contribution is -2.67. The van der Waals surface area contributed by atoms with Crippen LogP contribution < -0.4 is 0 Å². The molecular formula is C53H78O19. The molecule has 19 nitrogen and oxygen atoms in total. The Kier molecular flexibility index (Phi) is 18.8. The summed E-state index contributed by atoms with van der Waals surface area (Å²) in [4.78, 5) is 88.1. The number of hydrogen-bond acceptors (Lipinski definition) is 19. The van der Waals surface area contributed by atoms with Gasteiger partial charge in [-0.1, -0.05) is 77.2 Å². The monoisotopic (exact) mass is 1020 g/mol. The Hall–Kier alpha value is -4.43. The molecular weight excluding hydrogens is 941 g/mol. The molecule has 6 aliphatic rings. The van der Waals surface area contributed by atoms with Gasteiger partial charge in [0.15, 0.2) is 43.1 Å². The molecule has 0 spiro atoms. The van der Waals surface area contributed by atoms with Crippen LogP contribution in [0.1, 0.15) is 141 Å². The summed E-state index contributed by atoms with van der Waals surface area (Å²) < 4.78 is 65.0. The van der Waals surface area contributed by atoms with Crippen LogP contribution in [0, 0.1) is 40.4 Å². The number of rotatable bonds is 18. The second-order valence-corrected chi connectivity index (χ2v) is 21.7. The van der Waals surface area contributed by atoms with E-state index < -0.39 is 134 Å². The average molecular weight is 1020 g/mol. The number of allylic oxidation sites excluding steroid dienone is 3. The van der Waals surface area contributed by atoms with E-state index in [1.54, 1.807) is 0 Å². The van der Waals surface area contributed by atoms with Crippen LogP contribution in [0.15, 0.2) is 23.3 Å². The van der Waals surface area contributed by atoms with Gasteiger partial charge in [0, 0.05) is 60.3 Å². The minimum Gasteiger partial charge on any atom is -0.463 e. The Balaban J connectivity index is 1.31. The van der Waals surface area contributed by atoms with E-state index in [0.717, 1.165) is 73.3 Å². The number of ether oxygens (including phenoxy) is 11. The smallest absolute Gasteiger partial charge is 0.303 e. The van der Waals surface area contributed by atoms with Crippen molar-refractivity contribution >= 4 is 41.8 Å². The lowest BCUT2D eigenvalue weighted by atomic mass is 9.49. The number of hydrogen-bond donors (Lipinski definition) is 1. The van der Waals surface area contributed by atoms with Crippen molar-refractivity contribution in [3.05, 3.63) is 23.3 Å². The number of fused-ring (bicyclic) bond motifs is 5. The summed E-state index contributed by atoms with van der Waals surface area (Å²) in [6.45, 7) is 18.2. The molecule has 19 heteroatoms. The Morgan fingerprint density at radius 1 is 0.611 bits per heavy atom. The standard InChI is InChI=1S/C53H78O19/c1-26(2)14-13-15-27(3)38-18-19-39-37-17-16-35-22-36(23-43(61)53(35,12)40(37)20-21-52(38,39)11)69-50-48(67-33(9)59)47(66-32(8)58)45(42(70-50)25-63-29(5)55)72-51-49(68-34(10)60)46(65-31(7)57)44(64-30(6)56)41(71-51)24-62-28(4)54/h16-17,26-27,36,38-51,61H,13-15,18-25H2,1-12H3/t27-,36-,38-,39+,40+,41-,42-,43+,44-,45-,46+,47+,48-,49-,50-,51+,52-,53+/m1/s1. The number of aliphatic hydroxyl groups excluding tert-OH is 1. The van der Waals surface area contributed by atoms with Crippen molar-refractivity contribution in [2.75, 3.05) is 13.2 Å². The fourth-order valence-corrected chi connectivity index (χ4v) is 12.9. The fourth-order valence-electron chi connectivity index (χ4n) is 12.9. The lowest BCUT2D eigenvalue weighted by molar-refractivity contribution is -0.365. The second-order valence-electron chi connectivity index (χ2n) is 21.7. The summed E-state index contributed by atoms with van der Waals surface area (Å²) in [7, 11) is 0. The molecule has 18 atom stereocenters. The van der Waals surface area contributed by atoms with Gasteiger partial charge in [-0.15, -0.1) is 0 Å². The maximum absolute atomic E-state index is 13.0. The van der Waals surface area contributed by atoms with Crippen LogP contribution in [-0.2, 0) is 85.7 Å². The first-order chi connectivity index (χ1) is 33.8. The quantitative estimate of drug-likeness (QED) is 0.124. The van der Waals surface area contributed by atoms with E-state index in [-0.39, 0.29) is 17.8 Å². The number of esters is 7. The van der Waals surface area contributed by atoms with Gasteiger partial charge in [0.1, 0.15) is 31.5 Å². The van der Waals surface area contributed by atoms with Crippen molar-refractivity contribution in [2.45, 2.75) is 214 Å². The first kappa shape index (κ1) is 56.9. The molecule has 3 saturated carbocycles. The SMILES string of the molecule is CC(=O)OC[C@H]1O[C@@H](O[C@H]2[C@H](OC(C)=O)[C@@H](OC(C)=O)[C@H](O[C@@H]3CC4=CC=C5[C@@H]6CC[C@H]([C@H](C)CCCC(C)C)[C@@]6(C)CC[C@@H]5[C@@]4(C)[C@@H](O)C3)O[C@@H]2COC(C)=O)[C@H](OC(C)=O)[C@@H](OC(C)=O)[C@@H]1OC(C)=O. The molecule has 0 unspecified atom stereocenters. The molecule has 0 radical (unpaired) electrons. The molecule has 2 heterocycles. The van der Waals surface area contributed by atoms with Gasteiger partial charge in [0.2, 0.25) is 0 Å². The first-order valence-electron chi connectivity index (χ1n) is 25.7. The van der Waals surface area contributed by atoms with Gasteiger partial charge < -0.3 is 57.2 Å². The zero-order valence-electron chi connectivity index (χ0n) is 44.0. The van der Waals surface area contributed by atoms with E-state index in [2.05, 4.69) is 46.8 Å². The van der Waals surface area contributed by atoms with Gasteiger partial charge >= 0.3 is 41.8 Å². The highest BCUT2D eigenvalue weighted by atomic mass is 16.8. The van der Waals surface area contributed by atoms with Crippen molar-refractivity contribution in [2.24, 2.45) is 40.4 Å². The zero-order chi connectivity index (χ0) is 53.0. The Morgan fingerprint density at radius 3 is 1.64 bits per heavy atom. The van der Waals surface area contributed by atoms with Crippen LogP contribution in [0.2, 0.25) is 0 Å². The summed E-state index contributed by atoms with van der Waals surface area (Å²) in [5, 5.41) is 12.4. The molecule has 2 saturated heterocycles. The maximum Gasteiger partial charge on any atom is 0.303 e. The zero-order valence-corrected chi connectivity index (χ0v) is 44.0. The Morgan fingerprint density at radius 2 is 1.11 bits per heavy atom. The molecule has 0 aromatic rings. The molecule has 4 aliphatic carbocycles. The van der Waals surface area contributed by atoms with Crippen LogP contribution in [0.25, 0.3) is 0 Å². The third kappa shape index (κ3) is 12.9. The minimum absolute atomic E-state index is 0.136. The predicted molar refractivity (Wildman–Crippen MR) is 253 cm³/mol. The van der Waals surface area contributed by atoms with Gasteiger partial charge in [0.25, 0.3) is 0 Å². The lowest BCUT2D eigenvalue weighted by Gasteiger charge is -2.57. The Labute approximate surface area is 422 Å². The number of aliphatic hydroxyl groups is 1. The van der Waals surface area contributed by atoms with Crippen LogP contribution in [0.5, 0.6) is 0 Å². The van der Waals surface area contributed by atoms with Crippen molar-refractivity contribution in [3.63, 3.8) is 0 Å². The van der Waals surface area contributed by atoms with Gasteiger partial charge in [0.05, 0.1) is 12.2 Å². The molecule has 0 bridgehead atoms. The molecule has 6 rings (SSSR count). The van der Waals surface area contributed by atoms with E-state index in [4.69, 9.17) is 52.1 Å². The molecule has 2 aliphatic heterocycles. The van der Waals surface area contributed by atoms with Gasteiger partial charge in [-0.2, -0.15) is 0 Å². The molecule has 0 aromatic heterocycles. The van der Waals surface area contributed by atoms with Crippen LogP contribution >= 0.6 is 0 Å². The molecule has 72 heavy (non-hydrogen) atoms. The van der Waals surface area contributed by atoms with E-state index in [1.807, 2.05) is 0 Å². The highest BCUT2D eigenvalue weighted by Gasteiger charge is 2.61. The number of carbonyl (C=O) groups is 7. The largest absolute Gasteiger partial charge is 0.463 e. The van der Waals surface area contributed by atoms with E-state index in [0.29, 0.717) is 30.1 Å². The van der Waals surface area contributed by atoms with Crippen molar-refractivity contribution in [1.29, 1.82) is 0 Å². The van der Waals surface area contributed by atoms with Crippen molar-refractivity contribution in [1.82, 2.24) is 0 Å². The highest BCUT2D eigenvalue weighted by molar-refractivity contribution is 5.69. The first-order valence-corrected chi connectivity index (χ1v) is 25.7. The van der Waals surface area contributed by atoms with Crippen LogP contribution in [0.4, 0.5) is 0 Å². The van der Waals surface area contributed by atoms with Crippen LogP contribution in [-0.4, -0.2) is 134 Å². The van der Waals surface area contributed by atoms with Crippen molar-refractivity contribution in [3.8, 4) is 0 Å². The van der Waals surface area contributed by atoms with Gasteiger partial charge in [-0.3, -0.25) is 33.6 Å². The Bertz CT molecular complexity index is 2070. The third-order valence-corrected chi connectivity index (χ3v) is 16.0. The highest BCUT2D eigenvalue weighted by Crippen LogP contribution is 2.66. The molecule has 5 fully saturated rings. The molecule has 0 amide bonds. The normalized spacial score (nSPS) is 37.5. The topological polar surface area (TPSA) is 241 Å². The number of carbonyl (C=O) groups excluding carboxylic acids is 7. The summed E-state index contributed by atoms with van der Waals surface area (Å²) >= 11 is 0. The average Bonchev–Trinajstić information content (AvgIpc) is 3.63. The van der Waals surface area contributed by atoms with E-state index >= 15 is 0 Å². The predicted octanol–water partition coefficient (Wildman–Crippen LogP) is 5.92. The van der Waals surface area contributed by atoms with Crippen LogP contribution in [0.3, 0.4) is 0 Å². The summed E-state index contributed by atoms with van der Waals surface area (Å²) in [6.07, 6.45) is -4.34. The maximum atomic E-state index is 13.0. The minimum atomic E-state index is -1.82. The molecule has 1 N–H and O–H groups in total. The van der Waals surface area contributed by atoms with Crippen molar-refractivity contribution < 1.29 is 90.8 Å². The second kappa shape index (κ2) is 23.8. The molecule has 0 aromatic carbocycles. The van der Waals surface area contributed by atoms with E-state index in [1.165, 1.54) is 31.3 Å². The van der Waals surface area contributed by atoms with Gasteiger partial charge in [-0.05, 0) is 67.1 Å².